The third-order valence-electron chi connectivity index (χ3n) is 4.85. The van der Waals surface area contributed by atoms with Gasteiger partial charge >= 0.3 is 16.4 Å². The van der Waals surface area contributed by atoms with Gasteiger partial charge in [0.25, 0.3) is 0 Å². The number of hydrogen-bond donors (Lipinski definition) is 3. The van der Waals surface area contributed by atoms with Crippen LogP contribution in [-0.4, -0.2) is 23.2 Å². The molecule has 4 rings (SSSR count). The number of fused-ring (bicyclic) bond motifs is 1. The summed E-state index contributed by atoms with van der Waals surface area (Å²) in [7, 11) is -4.10. The predicted molar refractivity (Wildman–Crippen MR) is 118 cm³/mol. The lowest BCUT2D eigenvalue weighted by molar-refractivity contribution is -0.137. The van der Waals surface area contributed by atoms with E-state index >= 15 is 0 Å². The normalized spacial score (nSPS) is 12.4. The van der Waals surface area contributed by atoms with Crippen molar-refractivity contribution in [3.05, 3.63) is 66.6 Å². The molecule has 0 radical (unpaired) electrons. The van der Waals surface area contributed by atoms with Crippen LogP contribution in [0, 0.1) is 0 Å². The molecule has 2 aromatic heterocycles. The van der Waals surface area contributed by atoms with E-state index in [0.29, 0.717) is 11.1 Å². The smallest absolute Gasteiger partial charge is 0.359 e. The van der Waals surface area contributed by atoms with Crippen molar-refractivity contribution in [2.45, 2.75) is 26.1 Å². The zero-order chi connectivity index (χ0) is 23.1. The van der Waals surface area contributed by atoms with Crippen molar-refractivity contribution in [3.63, 3.8) is 0 Å². The third kappa shape index (κ3) is 4.57. The number of nitrogens with zero attached hydrogens (tertiary/aromatic N) is 2. The van der Waals surface area contributed by atoms with Gasteiger partial charge in [0.15, 0.2) is 0 Å². The van der Waals surface area contributed by atoms with Crippen molar-refractivity contribution < 1.29 is 21.6 Å². The Morgan fingerprint density at radius 1 is 1.03 bits per heavy atom. The fraction of sp³-hybridized carbons (Fsp3) is 0.190. The minimum atomic E-state index is -4.50. The summed E-state index contributed by atoms with van der Waals surface area (Å²) in [4.78, 5) is 3.00. The highest BCUT2D eigenvalue weighted by molar-refractivity contribution is 7.94. The van der Waals surface area contributed by atoms with Gasteiger partial charge in [-0.25, -0.2) is 0 Å². The third-order valence-corrected chi connectivity index (χ3v) is 5.85. The molecule has 0 amide bonds. The summed E-state index contributed by atoms with van der Waals surface area (Å²) in [6, 6.07) is 9.52. The van der Waals surface area contributed by atoms with Gasteiger partial charge in [0.2, 0.25) is 0 Å². The molecule has 0 fully saturated rings. The first-order valence-electron chi connectivity index (χ1n) is 9.65. The van der Waals surface area contributed by atoms with Crippen LogP contribution < -0.4 is 9.44 Å². The van der Waals surface area contributed by atoms with Crippen molar-refractivity contribution in [3.8, 4) is 11.1 Å². The van der Waals surface area contributed by atoms with Gasteiger partial charge in [0.1, 0.15) is 0 Å². The number of hydrogen-bond acceptors (Lipinski definition) is 3. The van der Waals surface area contributed by atoms with E-state index in [1.807, 2.05) is 42.9 Å². The maximum atomic E-state index is 12.7. The molecule has 0 unspecified atom stereocenters. The first-order valence-corrected chi connectivity index (χ1v) is 11.1. The van der Waals surface area contributed by atoms with Crippen molar-refractivity contribution in [1.29, 1.82) is 0 Å². The zero-order valence-electron chi connectivity index (χ0n) is 17.1. The molecule has 0 aliphatic heterocycles. The molecule has 7 nitrogen and oxygen atoms in total. The van der Waals surface area contributed by atoms with Gasteiger partial charge in [0.05, 0.1) is 23.1 Å². The second-order valence-corrected chi connectivity index (χ2v) is 8.96. The molecule has 0 atom stereocenters. The van der Waals surface area contributed by atoms with Crippen molar-refractivity contribution in [2.75, 3.05) is 9.44 Å². The highest BCUT2D eigenvalue weighted by Crippen LogP contribution is 2.31. The minimum Gasteiger partial charge on any atom is -0.359 e. The molecule has 0 saturated heterocycles. The maximum Gasteiger partial charge on any atom is 0.416 e. The highest BCUT2D eigenvalue weighted by atomic mass is 32.2. The Morgan fingerprint density at radius 3 is 2.38 bits per heavy atom. The number of alkyl halides is 3. The second-order valence-electron chi connectivity index (χ2n) is 7.55. The van der Waals surface area contributed by atoms with Gasteiger partial charge in [0, 0.05) is 34.9 Å². The molecule has 11 heteroatoms. The van der Waals surface area contributed by atoms with Crippen LogP contribution in [0.15, 0.2) is 61.1 Å². The second kappa shape index (κ2) is 7.90. The summed E-state index contributed by atoms with van der Waals surface area (Å²) < 4.78 is 69.7. The lowest BCUT2D eigenvalue weighted by atomic mass is 10.1. The number of H-pyrrole nitrogens is 1. The van der Waals surface area contributed by atoms with Crippen molar-refractivity contribution >= 4 is 32.5 Å². The average Bonchev–Trinajstić information content (AvgIpc) is 3.34. The van der Waals surface area contributed by atoms with Gasteiger partial charge in [-0.05, 0) is 55.8 Å². The standard InChI is InChI=1S/C21H20F3N5O2S/c1-13(2)29-12-15(10-26-29)14-3-8-19-18(9-14)20(11-25-19)28-32(30,31)27-17-6-4-16(5-7-17)21(22,23)24/h3-13,25,27-28H,1-2H3. The topological polar surface area (TPSA) is 91.8 Å². The molecular weight excluding hydrogens is 443 g/mol. The molecule has 0 aliphatic rings. The number of aromatic nitrogens is 3. The summed E-state index contributed by atoms with van der Waals surface area (Å²) in [5, 5.41) is 4.96. The number of rotatable bonds is 6. The van der Waals surface area contributed by atoms with Gasteiger partial charge in [-0.1, -0.05) is 6.07 Å². The van der Waals surface area contributed by atoms with Crippen LogP contribution in [0.5, 0.6) is 0 Å². The molecule has 0 spiro atoms. The Bertz CT molecular complexity index is 1360. The summed E-state index contributed by atoms with van der Waals surface area (Å²) >= 11 is 0. The van der Waals surface area contributed by atoms with E-state index in [-0.39, 0.29) is 11.7 Å². The van der Waals surface area contributed by atoms with Crippen LogP contribution in [0.1, 0.15) is 25.5 Å². The first-order chi connectivity index (χ1) is 15.0. The predicted octanol–water partition coefficient (Wildman–Crippen LogP) is 5.40. The van der Waals surface area contributed by atoms with Crippen LogP contribution in [0.2, 0.25) is 0 Å². The van der Waals surface area contributed by atoms with Crippen molar-refractivity contribution in [1.82, 2.24) is 14.8 Å². The number of benzene rings is 2. The Hall–Kier alpha value is -3.47. The summed E-state index contributed by atoms with van der Waals surface area (Å²) in [6.07, 6.45) is 0.666. The fourth-order valence-electron chi connectivity index (χ4n) is 3.21. The molecule has 4 aromatic rings. The zero-order valence-corrected chi connectivity index (χ0v) is 17.9. The van der Waals surface area contributed by atoms with Crippen LogP contribution in [0.3, 0.4) is 0 Å². The molecule has 0 bridgehead atoms. The quantitative estimate of drug-likeness (QED) is 0.358. The highest BCUT2D eigenvalue weighted by Gasteiger charge is 2.30. The van der Waals surface area contributed by atoms with E-state index in [0.717, 1.165) is 40.9 Å². The first kappa shape index (κ1) is 21.8. The van der Waals surface area contributed by atoms with E-state index in [9.17, 15) is 21.6 Å². The minimum absolute atomic E-state index is 0.00660. The van der Waals surface area contributed by atoms with E-state index < -0.39 is 21.9 Å². The van der Waals surface area contributed by atoms with E-state index in [2.05, 4.69) is 19.5 Å². The lowest BCUT2D eigenvalue weighted by Crippen LogP contribution is -2.21. The van der Waals surface area contributed by atoms with E-state index in [1.165, 1.54) is 6.20 Å². The molecular formula is C21H20F3N5O2S. The van der Waals surface area contributed by atoms with Gasteiger partial charge in [-0.15, -0.1) is 0 Å². The molecule has 0 aliphatic carbocycles. The lowest BCUT2D eigenvalue weighted by Gasteiger charge is -2.11. The summed E-state index contributed by atoms with van der Waals surface area (Å²) in [6.45, 7) is 4.03. The SMILES string of the molecule is CC(C)n1cc(-c2ccc3[nH]cc(NS(=O)(=O)Nc4ccc(C(F)(F)F)cc4)c3c2)cn1. The number of nitrogens with one attached hydrogen (secondary N) is 3. The van der Waals surface area contributed by atoms with Crippen LogP contribution in [0.4, 0.5) is 24.5 Å². The van der Waals surface area contributed by atoms with Gasteiger partial charge < -0.3 is 4.98 Å². The van der Waals surface area contributed by atoms with Gasteiger partial charge in [-0.3, -0.25) is 14.1 Å². The molecule has 2 aromatic carbocycles. The number of aromatic amines is 1. The Morgan fingerprint density at radius 2 is 1.75 bits per heavy atom. The van der Waals surface area contributed by atoms with Crippen molar-refractivity contribution in [2.24, 2.45) is 0 Å². The number of halogens is 3. The van der Waals surface area contributed by atoms with Gasteiger partial charge in [-0.2, -0.15) is 26.7 Å². The molecule has 168 valence electrons. The largest absolute Gasteiger partial charge is 0.416 e. The fourth-order valence-corrected chi connectivity index (χ4v) is 4.16. The molecule has 32 heavy (non-hydrogen) atoms. The van der Waals surface area contributed by atoms with E-state index in [1.54, 1.807) is 6.20 Å². The van der Waals surface area contributed by atoms with E-state index in [4.69, 9.17) is 0 Å². The summed E-state index contributed by atoms with van der Waals surface area (Å²) in [5.74, 6) is 0. The van der Waals surface area contributed by atoms with Crippen LogP contribution in [-0.2, 0) is 16.4 Å². The number of anilines is 2. The maximum absolute atomic E-state index is 12.7. The Kier molecular flexibility index (Phi) is 5.37. The summed E-state index contributed by atoms with van der Waals surface area (Å²) in [5.41, 5.74) is 1.92. The average molecular weight is 463 g/mol. The molecule has 0 saturated carbocycles. The van der Waals surface area contributed by atoms with Crippen LogP contribution in [0.25, 0.3) is 22.0 Å². The molecule has 2 heterocycles. The Labute approximate surface area is 182 Å². The molecule has 3 N–H and O–H groups in total. The Balaban J connectivity index is 1.57. The monoisotopic (exact) mass is 463 g/mol. The van der Waals surface area contributed by atoms with Crippen LogP contribution >= 0.6 is 0 Å².